The van der Waals surface area contributed by atoms with Gasteiger partial charge in [-0.05, 0) is 57.5 Å². The molecule has 148 valence electrons. The first kappa shape index (κ1) is 18.8. The maximum Gasteiger partial charge on any atom is 0.0780 e. The summed E-state index contributed by atoms with van der Waals surface area (Å²) in [5.41, 5.74) is 3.71. The van der Waals surface area contributed by atoms with E-state index in [9.17, 15) is 0 Å². The fourth-order valence-corrected chi connectivity index (χ4v) is 4.61. The molecular weight excluding hydrogens is 362 g/mol. The van der Waals surface area contributed by atoms with Crippen molar-refractivity contribution in [1.29, 1.82) is 0 Å². The zero-order valence-electron chi connectivity index (χ0n) is 17.6. The van der Waals surface area contributed by atoms with Crippen LogP contribution < -0.4 is 0 Å². The number of aryl methyl sites for hydroxylation is 1. The third-order valence-corrected chi connectivity index (χ3v) is 6.19. The Morgan fingerprint density at radius 2 is 1.43 bits per heavy atom. The minimum Gasteiger partial charge on any atom is -0.256 e. The zero-order valence-corrected chi connectivity index (χ0v) is 17.6. The Morgan fingerprint density at radius 3 is 2.37 bits per heavy atom. The topological polar surface area (TPSA) is 12.9 Å². The van der Waals surface area contributed by atoms with Crippen LogP contribution in [-0.4, -0.2) is 4.98 Å². The van der Waals surface area contributed by atoms with Crippen LogP contribution >= 0.6 is 0 Å². The van der Waals surface area contributed by atoms with E-state index < -0.39 is 0 Å². The molecular formula is C29H27N. The van der Waals surface area contributed by atoms with Crippen LogP contribution in [0.4, 0.5) is 0 Å². The van der Waals surface area contributed by atoms with Gasteiger partial charge in [0.1, 0.15) is 0 Å². The number of unbranched alkanes of at least 4 members (excludes halogenated alkanes) is 3. The highest BCUT2D eigenvalue weighted by Gasteiger charge is 2.10. The third-order valence-electron chi connectivity index (χ3n) is 6.19. The van der Waals surface area contributed by atoms with Gasteiger partial charge in [0, 0.05) is 17.1 Å². The van der Waals surface area contributed by atoms with E-state index in [0.717, 1.165) is 12.1 Å². The molecule has 1 heteroatoms. The van der Waals surface area contributed by atoms with Crippen LogP contribution in [-0.2, 0) is 6.42 Å². The molecule has 5 rings (SSSR count). The van der Waals surface area contributed by atoms with Crippen LogP contribution in [0.3, 0.4) is 0 Å². The normalized spacial score (nSPS) is 11.5. The van der Waals surface area contributed by atoms with Gasteiger partial charge >= 0.3 is 0 Å². The fourth-order valence-electron chi connectivity index (χ4n) is 4.61. The van der Waals surface area contributed by atoms with Crippen LogP contribution in [0.15, 0.2) is 85.1 Å². The predicted molar refractivity (Wildman–Crippen MR) is 130 cm³/mol. The second-order valence-electron chi connectivity index (χ2n) is 8.21. The standard InChI is InChI=1S/C29H27N/c1-2-3-4-5-9-21-10-8-12-23(20-21)29-28-17-16-25-24-13-7-6-11-22(24)14-15-26(25)27(28)18-19-30-29/h6-8,10-20H,2-5,9H2,1H3. The average Bonchev–Trinajstić information content (AvgIpc) is 2.81. The SMILES string of the molecule is CCCCCCc1cccc(-c2nccc3c2ccc2c4ccccc4ccc32)c1. The van der Waals surface area contributed by atoms with Gasteiger partial charge in [-0.1, -0.05) is 92.9 Å². The van der Waals surface area contributed by atoms with Crippen molar-refractivity contribution in [2.75, 3.05) is 0 Å². The molecule has 5 aromatic rings. The lowest BCUT2D eigenvalue weighted by molar-refractivity contribution is 0.667. The summed E-state index contributed by atoms with van der Waals surface area (Å²) in [5, 5.41) is 7.70. The molecule has 1 heterocycles. The summed E-state index contributed by atoms with van der Waals surface area (Å²) < 4.78 is 0. The highest BCUT2D eigenvalue weighted by Crippen LogP contribution is 2.35. The van der Waals surface area contributed by atoms with Crippen LogP contribution in [0.25, 0.3) is 43.6 Å². The molecule has 0 aliphatic heterocycles. The molecule has 0 bridgehead atoms. The molecule has 0 radical (unpaired) electrons. The molecule has 0 aliphatic rings. The van der Waals surface area contributed by atoms with Crippen LogP contribution in [0, 0.1) is 0 Å². The number of nitrogens with zero attached hydrogens (tertiary/aromatic N) is 1. The van der Waals surface area contributed by atoms with Gasteiger partial charge in [-0.2, -0.15) is 0 Å². The van der Waals surface area contributed by atoms with Crippen LogP contribution in [0.5, 0.6) is 0 Å². The number of hydrogen-bond acceptors (Lipinski definition) is 1. The molecule has 1 aromatic heterocycles. The summed E-state index contributed by atoms with van der Waals surface area (Å²) in [5.74, 6) is 0. The Kier molecular flexibility index (Phi) is 5.19. The molecule has 0 atom stereocenters. The summed E-state index contributed by atoms with van der Waals surface area (Å²) in [7, 11) is 0. The lowest BCUT2D eigenvalue weighted by Gasteiger charge is -2.11. The number of aromatic nitrogens is 1. The van der Waals surface area contributed by atoms with E-state index in [1.807, 2.05) is 6.20 Å². The van der Waals surface area contributed by atoms with E-state index in [4.69, 9.17) is 4.98 Å². The van der Waals surface area contributed by atoms with Gasteiger partial charge in [-0.25, -0.2) is 0 Å². The molecule has 30 heavy (non-hydrogen) atoms. The monoisotopic (exact) mass is 389 g/mol. The number of fused-ring (bicyclic) bond motifs is 5. The van der Waals surface area contributed by atoms with Crippen molar-refractivity contribution in [3.05, 3.63) is 90.6 Å². The van der Waals surface area contributed by atoms with Crippen molar-refractivity contribution >= 4 is 32.3 Å². The molecule has 0 saturated carbocycles. The summed E-state index contributed by atoms with van der Waals surface area (Å²) in [6.07, 6.45) is 8.29. The number of rotatable bonds is 6. The molecule has 0 spiro atoms. The van der Waals surface area contributed by atoms with Crippen molar-refractivity contribution in [1.82, 2.24) is 4.98 Å². The van der Waals surface area contributed by atoms with Crippen LogP contribution in [0.1, 0.15) is 38.2 Å². The molecule has 0 saturated heterocycles. The van der Waals surface area contributed by atoms with Crippen LogP contribution in [0.2, 0.25) is 0 Å². The summed E-state index contributed by atoms with van der Waals surface area (Å²) in [6, 6.07) is 28.7. The number of benzene rings is 4. The van der Waals surface area contributed by atoms with E-state index >= 15 is 0 Å². The molecule has 0 aliphatic carbocycles. The highest BCUT2D eigenvalue weighted by molar-refractivity contribution is 6.18. The van der Waals surface area contributed by atoms with Gasteiger partial charge in [0.15, 0.2) is 0 Å². The molecule has 0 fully saturated rings. The fraction of sp³-hybridized carbons (Fsp3) is 0.207. The Balaban J connectivity index is 1.60. The van der Waals surface area contributed by atoms with Gasteiger partial charge in [0.05, 0.1) is 5.69 Å². The van der Waals surface area contributed by atoms with Gasteiger partial charge in [-0.3, -0.25) is 4.98 Å². The zero-order chi connectivity index (χ0) is 20.3. The summed E-state index contributed by atoms with van der Waals surface area (Å²) in [4.78, 5) is 4.80. The van der Waals surface area contributed by atoms with E-state index in [2.05, 4.69) is 85.8 Å². The van der Waals surface area contributed by atoms with Gasteiger partial charge < -0.3 is 0 Å². The van der Waals surface area contributed by atoms with E-state index in [1.165, 1.54) is 69.1 Å². The van der Waals surface area contributed by atoms with Gasteiger partial charge in [-0.15, -0.1) is 0 Å². The summed E-state index contributed by atoms with van der Waals surface area (Å²) >= 11 is 0. The van der Waals surface area contributed by atoms with Crippen molar-refractivity contribution < 1.29 is 0 Å². The first-order valence-electron chi connectivity index (χ1n) is 11.1. The third kappa shape index (κ3) is 3.45. The van der Waals surface area contributed by atoms with E-state index in [1.54, 1.807) is 0 Å². The maximum atomic E-state index is 4.80. The largest absolute Gasteiger partial charge is 0.256 e. The van der Waals surface area contributed by atoms with Crippen molar-refractivity contribution in [2.45, 2.75) is 39.0 Å². The minimum absolute atomic E-state index is 1.08. The molecule has 0 amide bonds. The summed E-state index contributed by atoms with van der Waals surface area (Å²) in [6.45, 7) is 2.26. The Morgan fingerprint density at radius 1 is 0.633 bits per heavy atom. The smallest absolute Gasteiger partial charge is 0.0780 e. The molecule has 0 unspecified atom stereocenters. The quantitative estimate of drug-likeness (QED) is 0.210. The lowest BCUT2D eigenvalue weighted by atomic mass is 9.95. The second kappa shape index (κ2) is 8.28. The minimum atomic E-state index is 1.08. The van der Waals surface area contributed by atoms with Crippen molar-refractivity contribution in [2.24, 2.45) is 0 Å². The van der Waals surface area contributed by atoms with Crippen molar-refractivity contribution in [3.63, 3.8) is 0 Å². The molecule has 4 aromatic carbocycles. The van der Waals surface area contributed by atoms with Gasteiger partial charge in [0.2, 0.25) is 0 Å². The highest BCUT2D eigenvalue weighted by atomic mass is 14.7. The number of hydrogen-bond donors (Lipinski definition) is 0. The van der Waals surface area contributed by atoms with Gasteiger partial charge in [0.25, 0.3) is 0 Å². The molecule has 0 N–H and O–H groups in total. The van der Waals surface area contributed by atoms with E-state index in [-0.39, 0.29) is 0 Å². The Labute approximate surface area is 178 Å². The Bertz CT molecular complexity index is 1330. The maximum absolute atomic E-state index is 4.80. The Hall–Kier alpha value is -3.19. The van der Waals surface area contributed by atoms with E-state index in [0.29, 0.717) is 0 Å². The second-order valence-corrected chi connectivity index (χ2v) is 8.21. The first-order chi connectivity index (χ1) is 14.8. The average molecular weight is 390 g/mol. The van der Waals surface area contributed by atoms with Crippen molar-refractivity contribution in [3.8, 4) is 11.3 Å². The molecule has 1 nitrogen and oxygen atoms in total. The number of pyridine rings is 1. The predicted octanol–water partition coefficient (Wildman–Crippen LogP) is 8.33. The first-order valence-corrected chi connectivity index (χ1v) is 11.1. The lowest BCUT2D eigenvalue weighted by Crippen LogP contribution is -1.91.